The lowest BCUT2D eigenvalue weighted by Gasteiger charge is -2.39. The van der Waals surface area contributed by atoms with Gasteiger partial charge in [-0.2, -0.15) is 0 Å². The molecule has 1 aromatic carbocycles. The highest BCUT2D eigenvalue weighted by Crippen LogP contribution is 2.22. The van der Waals surface area contributed by atoms with Gasteiger partial charge in [0.15, 0.2) is 0 Å². The highest BCUT2D eigenvalue weighted by atomic mass is 16.1. The summed E-state index contributed by atoms with van der Waals surface area (Å²) in [5.41, 5.74) is 5.82. The summed E-state index contributed by atoms with van der Waals surface area (Å²) < 4.78 is 0. The molecular formula is C15H24N4O. The Bertz CT molecular complexity index is 442. The minimum Gasteiger partial charge on any atom is -0.368 e. The van der Waals surface area contributed by atoms with Crippen molar-refractivity contribution >= 4 is 5.91 Å². The third-order valence-electron chi connectivity index (χ3n) is 4.17. The SMILES string of the molecule is CNC(CN1CCN(C)CC1)(C(N)=O)c1ccccc1. The summed E-state index contributed by atoms with van der Waals surface area (Å²) in [5, 5.41) is 3.16. The summed E-state index contributed by atoms with van der Waals surface area (Å²) in [7, 11) is 3.92. The largest absolute Gasteiger partial charge is 0.368 e. The number of piperazine rings is 1. The molecule has 20 heavy (non-hydrogen) atoms. The number of nitrogens with zero attached hydrogens (tertiary/aromatic N) is 2. The molecule has 3 N–H and O–H groups in total. The van der Waals surface area contributed by atoms with Crippen LogP contribution in [0.3, 0.4) is 0 Å². The van der Waals surface area contributed by atoms with Gasteiger partial charge in [-0.15, -0.1) is 0 Å². The van der Waals surface area contributed by atoms with Gasteiger partial charge in [0, 0.05) is 32.7 Å². The zero-order valence-corrected chi connectivity index (χ0v) is 12.3. The van der Waals surface area contributed by atoms with E-state index in [1.165, 1.54) is 0 Å². The maximum absolute atomic E-state index is 12.1. The maximum atomic E-state index is 12.1. The van der Waals surface area contributed by atoms with Crippen molar-refractivity contribution in [2.45, 2.75) is 5.54 Å². The molecule has 5 nitrogen and oxygen atoms in total. The summed E-state index contributed by atoms with van der Waals surface area (Å²) in [6.07, 6.45) is 0. The first-order chi connectivity index (χ1) is 9.58. The van der Waals surface area contributed by atoms with Crippen LogP contribution in [-0.2, 0) is 10.3 Å². The summed E-state index contributed by atoms with van der Waals surface area (Å²) in [6.45, 7) is 4.57. The number of amides is 1. The van der Waals surface area contributed by atoms with Gasteiger partial charge < -0.3 is 16.0 Å². The Hall–Kier alpha value is -1.43. The number of benzene rings is 1. The Balaban J connectivity index is 2.22. The average molecular weight is 276 g/mol. The van der Waals surface area contributed by atoms with E-state index in [0.717, 1.165) is 31.7 Å². The van der Waals surface area contributed by atoms with Crippen molar-refractivity contribution in [1.82, 2.24) is 15.1 Å². The second kappa shape index (κ2) is 6.35. The maximum Gasteiger partial charge on any atom is 0.243 e. The Morgan fingerprint density at radius 3 is 2.35 bits per heavy atom. The summed E-state index contributed by atoms with van der Waals surface area (Å²) >= 11 is 0. The van der Waals surface area contributed by atoms with Crippen molar-refractivity contribution in [2.24, 2.45) is 5.73 Å². The van der Waals surface area contributed by atoms with E-state index >= 15 is 0 Å². The first-order valence-electron chi connectivity index (χ1n) is 7.04. The van der Waals surface area contributed by atoms with E-state index in [1.807, 2.05) is 30.3 Å². The lowest BCUT2D eigenvalue weighted by molar-refractivity contribution is -0.125. The summed E-state index contributed by atoms with van der Waals surface area (Å²) in [5.74, 6) is -0.329. The number of primary amides is 1. The van der Waals surface area contributed by atoms with Gasteiger partial charge in [0.25, 0.3) is 0 Å². The zero-order chi connectivity index (χ0) is 14.6. The van der Waals surface area contributed by atoms with Gasteiger partial charge >= 0.3 is 0 Å². The van der Waals surface area contributed by atoms with Crippen LogP contribution >= 0.6 is 0 Å². The molecule has 1 atom stereocenters. The molecule has 0 aliphatic carbocycles. The van der Waals surface area contributed by atoms with E-state index in [-0.39, 0.29) is 5.91 Å². The standard InChI is InChI=1S/C15H24N4O/c1-17-15(14(16)20,13-6-4-3-5-7-13)12-19-10-8-18(2)9-11-19/h3-7,17H,8-12H2,1-2H3,(H2,16,20). The predicted octanol–water partition coefficient (Wildman–Crippen LogP) is -0.166. The third kappa shape index (κ3) is 3.00. The van der Waals surface area contributed by atoms with E-state index < -0.39 is 5.54 Å². The summed E-state index contributed by atoms with van der Waals surface area (Å²) in [6, 6.07) is 9.73. The van der Waals surface area contributed by atoms with Crippen molar-refractivity contribution in [3.8, 4) is 0 Å². The topological polar surface area (TPSA) is 61.6 Å². The molecule has 1 saturated heterocycles. The van der Waals surface area contributed by atoms with Gasteiger partial charge in [-0.1, -0.05) is 30.3 Å². The van der Waals surface area contributed by atoms with Gasteiger partial charge in [-0.05, 0) is 19.7 Å². The fraction of sp³-hybridized carbons (Fsp3) is 0.533. The fourth-order valence-corrected chi connectivity index (χ4v) is 2.72. The number of carbonyl (C=O) groups excluding carboxylic acids is 1. The van der Waals surface area contributed by atoms with Crippen molar-refractivity contribution in [1.29, 1.82) is 0 Å². The molecule has 1 aliphatic heterocycles. The highest BCUT2D eigenvalue weighted by molar-refractivity contribution is 5.86. The number of rotatable bonds is 5. The Morgan fingerprint density at radius 2 is 1.85 bits per heavy atom. The number of hydrogen-bond donors (Lipinski definition) is 2. The number of nitrogens with one attached hydrogen (secondary N) is 1. The van der Waals surface area contributed by atoms with E-state index in [2.05, 4.69) is 22.2 Å². The molecule has 1 unspecified atom stereocenters. The van der Waals surface area contributed by atoms with Crippen LogP contribution in [0.2, 0.25) is 0 Å². The monoisotopic (exact) mass is 276 g/mol. The molecule has 0 radical (unpaired) electrons. The van der Waals surface area contributed by atoms with Gasteiger partial charge in [0.1, 0.15) is 5.54 Å². The number of carbonyl (C=O) groups is 1. The first-order valence-corrected chi connectivity index (χ1v) is 7.04. The summed E-state index contributed by atoms with van der Waals surface area (Å²) in [4.78, 5) is 16.7. The quantitative estimate of drug-likeness (QED) is 0.784. The van der Waals surface area contributed by atoms with Crippen molar-refractivity contribution < 1.29 is 4.79 Å². The number of nitrogens with two attached hydrogens (primary N) is 1. The number of hydrogen-bond acceptors (Lipinski definition) is 4. The van der Waals surface area contributed by atoms with Crippen LogP contribution in [0.4, 0.5) is 0 Å². The Kier molecular flexibility index (Phi) is 4.75. The molecule has 1 aliphatic rings. The lowest BCUT2D eigenvalue weighted by atomic mass is 9.88. The molecular weight excluding hydrogens is 252 g/mol. The van der Waals surface area contributed by atoms with Crippen LogP contribution in [0, 0.1) is 0 Å². The molecule has 1 aromatic rings. The molecule has 1 amide bonds. The van der Waals surface area contributed by atoms with Gasteiger partial charge in [-0.25, -0.2) is 0 Å². The Morgan fingerprint density at radius 1 is 1.25 bits per heavy atom. The lowest BCUT2D eigenvalue weighted by Crippen LogP contribution is -2.60. The van der Waals surface area contributed by atoms with E-state index in [9.17, 15) is 4.79 Å². The molecule has 1 heterocycles. The minimum absolute atomic E-state index is 0.329. The average Bonchev–Trinajstić information content (AvgIpc) is 2.47. The number of likely N-dealkylation sites (N-methyl/N-ethyl adjacent to an activating group) is 2. The van der Waals surface area contributed by atoms with Gasteiger partial charge in [-0.3, -0.25) is 9.69 Å². The molecule has 0 bridgehead atoms. The Labute approximate surface area is 120 Å². The smallest absolute Gasteiger partial charge is 0.243 e. The van der Waals surface area contributed by atoms with E-state index in [1.54, 1.807) is 7.05 Å². The molecule has 2 rings (SSSR count). The molecule has 0 spiro atoms. The molecule has 1 fully saturated rings. The fourth-order valence-electron chi connectivity index (χ4n) is 2.72. The van der Waals surface area contributed by atoms with Crippen LogP contribution in [0.15, 0.2) is 30.3 Å². The van der Waals surface area contributed by atoms with Crippen LogP contribution in [0.1, 0.15) is 5.56 Å². The normalized spacial score (nSPS) is 20.5. The van der Waals surface area contributed by atoms with Crippen LogP contribution < -0.4 is 11.1 Å². The van der Waals surface area contributed by atoms with E-state index in [4.69, 9.17) is 5.73 Å². The molecule has 110 valence electrons. The van der Waals surface area contributed by atoms with Crippen molar-refractivity contribution in [3.63, 3.8) is 0 Å². The van der Waals surface area contributed by atoms with E-state index in [0.29, 0.717) is 6.54 Å². The van der Waals surface area contributed by atoms with Crippen molar-refractivity contribution in [3.05, 3.63) is 35.9 Å². The second-order valence-corrected chi connectivity index (χ2v) is 5.47. The first kappa shape index (κ1) is 15.0. The van der Waals surface area contributed by atoms with Gasteiger partial charge in [0.05, 0.1) is 0 Å². The van der Waals surface area contributed by atoms with Gasteiger partial charge in [0.2, 0.25) is 5.91 Å². The molecule has 5 heteroatoms. The minimum atomic E-state index is -0.822. The molecule has 0 saturated carbocycles. The van der Waals surface area contributed by atoms with Crippen LogP contribution in [-0.4, -0.2) is 62.5 Å². The third-order valence-corrected chi connectivity index (χ3v) is 4.17. The molecule has 0 aromatic heterocycles. The second-order valence-electron chi connectivity index (χ2n) is 5.47. The zero-order valence-electron chi connectivity index (χ0n) is 12.3. The van der Waals surface area contributed by atoms with Crippen molar-refractivity contribution in [2.75, 3.05) is 46.8 Å². The van der Waals surface area contributed by atoms with Crippen LogP contribution in [0.25, 0.3) is 0 Å². The van der Waals surface area contributed by atoms with Crippen LogP contribution in [0.5, 0.6) is 0 Å². The highest BCUT2D eigenvalue weighted by Gasteiger charge is 2.39. The predicted molar refractivity (Wildman–Crippen MR) is 80.3 cm³/mol.